The van der Waals surface area contributed by atoms with Gasteiger partial charge >= 0.3 is 0 Å². The molecule has 0 saturated heterocycles. The Morgan fingerprint density at radius 3 is 2.43 bits per heavy atom. The topological polar surface area (TPSA) is 87.3 Å². The first-order valence-electron chi connectivity index (χ1n) is 9.86. The third-order valence-electron chi connectivity index (χ3n) is 4.73. The summed E-state index contributed by atoms with van der Waals surface area (Å²) in [5.74, 6) is -0.512. The molecule has 0 bridgehead atoms. The zero-order valence-corrected chi connectivity index (χ0v) is 17.1. The minimum atomic E-state index is -0.220. The summed E-state index contributed by atoms with van der Waals surface area (Å²) < 4.78 is 0. The first-order chi connectivity index (χ1) is 14.4. The molecule has 0 aromatic heterocycles. The Hall–Kier alpha value is -3.67. The lowest BCUT2D eigenvalue weighted by atomic mass is 10.1. The van der Waals surface area contributed by atoms with Crippen LogP contribution in [0.15, 0.2) is 66.7 Å². The van der Waals surface area contributed by atoms with E-state index >= 15 is 0 Å². The highest BCUT2D eigenvalue weighted by molar-refractivity contribution is 5.98. The normalized spacial score (nSPS) is 11.5. The second-order valence-electron chi connectivity index (χ2n) is 7.16. The van der Waals surface area contributed by atoms with Crippen LogP contribution in [-0.2, 0) is 9.59 Å². The van der Waals surface area contributed by atoms with Crippen LogP contribution < -0.4 is 16.0 Å². The molecule has 0 aliphatic carbocycles. The van der Waals surface area contributed by atoms with Gasteiger partial charge in [0.2, 0.25) is 11.8 Å². The van der Waals surface area contributed by atoms with Crippen molar-refractivity contribution in [3.8, 4) is 0 Å². The van der Waals surface area contributed by atoms with Gasteiger partial charge in [0.1, 0.15) is 0 Å². The Kier molecular flexibility index (Phi) is 6.80. The van der Waals surface area contributed by atoms with Crippen molar-refractivity contribution in [2.45, 2.75) is 26.3 Å². The lowest BCUT2D eigenvalue weighted by Gasteiger charge is -2.16. The van der Waals surface area contributed by atoms with Crippen LogP contribution in [0.3, 0.4) is 0 Å². The van der Waals surface area contributed by atoms with Crippen molar-refractivity contribution < 1.29 is 14.4 Å². The molecule has 1 unspecified atom stereocenters. The second kappa shape index (κ2) is 9.69. The third-order valence-corrected chi connectivity index (χ3v) is 4.73. The summed E-state index contributed by atoms with van der Waals surface area (Å²) in [4.78, 5) is 35.8. The second-order valence-corrected chi connectivity index (χ2v) is 7.16. The largest absolute Gasteiger partial charge is 0.352 e. The predicted molar refractivity (Wildman–Crippen MR) is 118 cm³/mol. The standard InChI is InChI=1S/C24H25N3O3/c1-16(19-8-5-9-22(15-19)27-17(2)28)26-23(29)12-13-25-24(30)21-11-10-18-6-3-4-7-20(18)14-21/h3-11,14-16H,12-13H2,1-2H3,(H,25,30)(H,26,29)(H,27,28). The average Bonchev–Trinajstić information content (AvgIpc) is 2.73. The molecule has 0 spiro atoms. The monoisotopic (exact) mass is 403 g/mol. The molecule has 3 N–H and O–H groups in total. The molecule has 6 heteroatoms. The van der Waals surface area contributed by atoms with E-state index in [0.717, 1.165) is 16.3 Å². The highest BCUT2D eigenvalue weighted by Crippen LogP contribution is 2.18. The van der Waals surface area contributed by atoms with Crippen LogP contribution in [0.5, 0.6) is 0 Å². The molecule has 6 nitrogen and oxygen atoms in total. The number of fused-ring (bicyclic) bond motifs is 1. The summed E-state index contributed by atoms with van der Waals surface area (Å²) in [6, 6.07) is 20.5. The van der Waals surface area contributed by atoms with Crippen molar-refractivity contribution in [1.82, 2.24) is 10.6 Å². The van der Waals surface area contributed by atoms with Crippen LogP contribution in [0.25, 0.3) is 10.8 Å². The number of anilines is 1. The van der Waals surface area contributed by atoms with Gasteiger partial charge in [0.15, 0.2) is 0 Å². The van der Waals surface area contributed by atoms with Crippen LogP contribution in [0.4, 0.5) is 5.69 Å². The van der Waals surface area contributed by atoms with Crippen LogP contribution in [-0.4, -0.2) is 24.3 Å². The fourth-order valence-electron chi connectivity index (χ4n) is 3.21. The van der Waals surface area contributed by atoms with Gasteiger partial charge in [-0.1, -0.05) is 42.5 Å². The lowest BCUT2D eigenvalue weighted by Crippen LogP contribution is -2.32. The highest BCUT2D eigenvalue weighted by atomic mass is 16.2. The maximum atomic E-state index is 12.4. The molecule has 1 atom stereocenters. The minimum absolute atomic E-state index is 0.147. The molecule has 154 valence electrons. The molecular formula is C24H25N3O3. The summed E-state index contributed by atoms with van der Waals surface area (Å²) in [5.41, 5.74) is 2.14. The van der Waals surface area contributed by atoms with E-state index in [1.54, 1.807) is 12.1 Å². The van der Waals surface area contributed by atoms with Gasteiger partial charge in [-0.05, 0) is 47.5 Å². The van der Waals surface area contributed by atoms with E-state index in [-0.39, 0.29) is 36.7 Å². The first kappa shape index (κ1) is 21.0. The highest BCUT2D eigenvalue weighted by Gasteiger charge is 2.12. The van der Waals surface area contributed by atoms with E-state index in [0.29, 0.717) is 11.3 Å². The summed E-state index contributed by atoms with van der Waals surface area (Å²) in [5, 5.41) is 10.5. The number of hydrogen-bond acceptors (Lipinski definition) is 3. The van der Waals surface area contributed by atoms with E-state index in [2.05, 4.69) is 16.0 Å². The summed E-state index contributed by atoms with van der Waals surface area (Å²) in [6.45, 7) is 3.57. The lowest BCUT2D eigenvalue weighted by molar-refractivity contribution is -0.121. The molecule has 3 rings (SSSR count). The van der Waals surface area contributed by atoms with E-state index in [1.807, 2.05) is 61.5 Å². The number of benzene rings is 3. The Balaban J connectivity index is 1.49. The van der Waals surface area contributed by atoms with E-state index in [9.17, 15) is 14.4 Å². The maximum absolute atomic E-state index is 12.4. The number of nitrogens with one attached hydrogen (secondary N) is 3. The number of rotatable bonds is 7. The Bertz CT molecular complexity index is 1080. The van der Waals surface area contributed by atoms with Crippen molar-refractivity contribution >= 4 is 34.2 Å². The van der Waals surface area contributed by atoms with Gasteiger partial charge in [-0.15, -0.1) is 0 Å². The number of carbonyl (C=O) groups excluding carboxylic acids is 3. The van der Waals surface area contributed by atoms with Crippen LogP contribution in [0, 0.1) is 0 Å². The molecule has 0 saturated carbocycles. The van der Waals surface area contributed by atoms with Crippen molar-refractivity contribution in [2.24, 2.45) is 0 Å². The van der Waals surface area contributed by atoms with E-state index in [4.69, 9.17) is 0 Å². The molecule has 0 radical (unpaired) electrons. The zero-order valence-electron chi connectivity index (χ0n) is 17.1. The molecule has 0 aliphatic rings. The van der Waals surface area contributed by atoms with Gasteiger partial charge in [-0.25, -0.2) is 0 Å². The van der Waals surface area contributed by atoms with Gasteiger partial charge < -0.3 is 16.0 Å². The average molecular weight is 403 g/mol. The smallest absolute Gasteiger partial charge is 0.251 e. The SMILES string of the molecule is CC(=O)Nc1cccc(C(C)NC(=O)CCNC(=O)c2ccc3ccccc3c2)c1. The molecule has 30 heavy (non-hydrogen) atoms. The van der Waals surface area contributed by atoms with Crippen molar-refractivity contribution in [3.05, 3.63) is 77.9 Å². The van der Waals surface area contributed by atoms with E-state index < -0.39 is 0 Å². The third kappa shape index (κ3) is 5.67. The number of carbonyl (C=O) groups is 3. The molecule has 0 aliphatic heterocycles. The molecule has 0 heterocycles. The Labute approximate surface area is 175 Å². The van der Waals surface area contributed by atoms with Gasteiger partial charge in [0, 0.05) is 31.1 Å². The van der Waals surface area contributed by atoms with Crippen molar-refractivity contribution in [3.63, 3.8) is 0 Å². The fraction of sp³-hybridized carbons (Fsp3) is 0.208. The van der Waals surface area contributed by atoms with Gasteiger partial charge in [0.25, 0.3) is 5.91 Å². The van der Waals surface area contributed by atoms with E-state index in [1.165, 1.54) is 6.92 Å². The summed E-state index contributed by atoms with van der Waals surface area (Å²) in [6.07, 6.45) is 0.176. The number of amides is 3. The minimum Gasteiger partial charge on any atom is -0.352 e. The fourth-order valence-corrected chi connectivity index (χ4v) is 3.21. The van der Waals surface area contributed by atoms with Crippen molar-refractivity contribution in [1.29, 1.82) is 0 Å². The van der Waals surface area contributed by atoms with Crippen LogP contribution in [0.1, 0.15) is 42.2 Å². The Morgan fingerprint density at radius 2 is 1.67 bits per heavy atom. The molecule has 0 fully saturated rings. The molecule has 3 amide bonds. The van der Waals surface area contributed by atoms with Gasteiger partial charge in [0.05, 0.1) is 6.04 Å². The van der Waals surface area contributed by atoms with Crippen LogP contribution in [0.2, 0.25) is 0 Å². The molecule has 3 aromatic rings. The summed E-state index contributed by atoms with van der Waals surface area (Å²) >= 11 is 0. The Morgan fingerprint density at radius 1 is 0.900 bits per heavy atom. The quantitative estimate of drug-likeness (QED) is 0.561. The molecular weight excluding hydrogens is 378 g/mol. The van der Waals surface area contributed by atoms with Gasteiger partial charge in [-0.2, -0.15) is 0 Å². The molecule has 3 aromatic carbocycles. The van der Waals surface area contributed by atoms with Crippen molar-refractivity contribution in [2.75, 3.05) is 11.9 Å². The zero-order chi connectivity index (χ0) is 21.5. The van der Waals surface area contributed by atoms with Crippen LogP contribution >= 0.6 is 0 Å². The first-order valence-corrected chi connectivity index (χ1v) is 9.86. The van der Waals surface area contributed by atoms with Gasteiger partial charge in [-0.3, -0.25) is 14.4 Å². The predicted octanol–water partition coefficient (Wildman–Crippen LogP) is 3.80. The summed E-state index contributed by atoms with van der Waals surface area (Å²) in [7, 11) is 0. The maximum Gasteiger partial charge on any atom is 0.251 e. The number of hydrogen-bond donors (Lipinski definition) is 3.